The molecule has 0 bridgehead atoms. The molecule has 0 aromatic heterocycles. The van der Waals surface area contributed by atoms with Gasteiger partial charge in [0.25, 0.3) is 0 Å². The van der Waals surface area contributed by atoms with Crippen LogP contribution in [0, 0.1) is 0 Å². The normalized spacial score (nSPS) is 0. The molecule has 0 aromatic carbocycles. The van der Waals surface area contributed by atoms with Gasteiger partial charge in [-0.15, -0.1) is 0 Å². The van der Waals surface area contributed by atoms with E-state index in [1.807, 2.05) is 0 Å². The third kappa shape index (κ3) is 8.85. The van der Waals surface area contributed by atoms with Crippen molar-refractivity contribution in [2.45, 2.75) is 0 Å². The van der Waals surface area contributed by atoms with Crippen molar-refractivity contribution >= 4 is 19.8 Å². The predicted molar refractivity (Wildman–Crippen MR) is 5.75 cm³/mol. The topological polar surface area (TPSA) is 0 Å². The smallest absolute Gasteiger partial charge is 0 e. The zero-order valence-corrected chi connectivity index (χ0v) is 8.35. The Morgan fingerprint density at radius 1 is 0.500 bits per heavy atom. The van der Waals surface area contributed by atoms with Crippen LogP contribution >= 0.6 is 0 Å². The van der Waals surface area contributed by atoms with Crippen LogP contribution in [-0.2, 0) is 67.1 Å². The molecule has 6 radical (unpaired) electrons. The van der Waals surface area contributed by atoms with Crippen LogP contribution in [0.2, 0.25) is 0 Å². The van der Waals surface area contributed by atoms with Crippen molar-refractivity contribution in [3.05, 3.63) is 0 Å². The van der Waals surface area contributed by atoms with Crippen molar-refractivity contribution in [2.75, 3.05) is 0 Å². The van der Waals surface area contributed by atoms with Crippen LogP contribution in [0.3, 0.4) is 0 Å². The Labute approximate surface area is 85.4 Å². The van der Waals surface area contributed by atoms with Gasteiger partial charge in [-0.3, -0.25) is 0 Å². The molecule has 0 heterocycles. The van der Waals surface area contributed by atoms with Crippen molar-refractivity contribution in [1.82, 2.24) is 0 Å². The third-order valence-corrected chi connectivity index (χ3v) is 0. The van der Waals surface area contributed by atoms with Gasteiger partial charge < -0.3 is 0 Å². The summed E-state index contributed by atoms with van der Waals surface area (Å²) in [7, 11) is 0. The molecule has 0 aliphatic heterocycles. The first-order valence-corrected chi connectivity index (χ1v) is 0. The van der Waals surface area contributed by atoms with Gasteiger partial charge in [-0.05, 0) is 0 Å². The van der Waals surface area contributed by atoms with Gasteiger partial charge in [0.2, 0.25) is 0 Å². The molecule has 0 spiro atoms. The van der Waals surface area contributed by atoms with Crippen molar-refractivity contribution in [3.63, 3.8) is 0 Å². The molecule has 0 amide bonds. The van der Waals surface area contributed by atoms with Gasteiger partial charge in [0, 0.05) is 86.9 Å². The van der Waals surface area contributed by atoms with Crippen LogP contribution in [0.4, 0.5) is 0 Å². The van der Waals surface area contributed by atoms with Gasteiger partial charge in [-0.25, -0.2) is 0 Å². The van der Waals surface area contributed by atoms with E-state index < -0.39 is 0 Å². The van der Waals surface area contributed by atoms with Crippen molar-refractivity contribution in [2.24, 2.45) is 0 Å². The first-order valence-electron chi connectivity index (χ1n) is 0. The Balaban J connectivity index is 0. The maximum absolute atomic E-state index is 0. The zero-order valence-electron chi connectivity index (χ0n) is 1.48. The van der Waals surface area contributed by atoms with E-state index in [0.717, 1.165) is 0 Å². The zero-order chi connectivity index (χ0) is 0. The summed E-state index contributed by atoms with van der Waals surface area (Å²) in [6.45, 7) is 0. The average molecular weight is 393 g/mol. The second-order valence-electron chi connectivity index (χ2n) is 0. The van der Waals surface area contributed by atoms with Gasteiger partial charge in [0.15, 0.2) is 0 Å². The molecule has 0 fully saturated rings. The van der Waals surface area contributed by atoms with E-state index in [-0.39, 0.29) is 86.9 Å². The monoisotopic (exact) mass is 390 g/mol. The summed E-state index contributed by atoms with van der Waals surface area (Å²) >= 11 is 0. The fraction of sp³-hybridized carbons (Fsp3) is 0. The summed E-state index contributed by atoms with van der Waals surface area (Å²) in [5, 5.41) is 0. The molecular formula is Ag3Ga. The van der Waals surface area contributed by atoms with Crippen molar-refractivity contribution < 1.29 is 67.1 Å². The molecule has 0 rings (SSSR count). The minimum atomic E-state index is 0. The number of rotatable bonds is 0. The van der Waals surface area contributed by atoms with E-state index >= 15 is 0 Å². The van der Waals surface area contributed by atoms with Crippen LogP contribution in [-0.4, -0.2) is 19.8 Å². The van der Waals surface area contributed by atoms with Crippen molar-refractivity contribution in [1.29, 1.82) is 0 Å². The van der Waals surface area contributed by atoms with E-state index in [0.29, 0.717) is 0 Å². The minimum Gasteiger partial charge on any atom is 0 e. The summed E-state index contributed by atoms with van der Waals surface area (Å²) in [6.07, 6.45) is 0. The molecule has 0 nitrogen and oxygen atoms in total. The summed E-state index contributed by atoms with van der Waals surface area (Å²) in [4.78, 5) is 0. The fourth-order valence-corrected chi connectivity index (χ4v) is 0. The summed E-state index contributed by atoms with van der Waals surface area (Å²) < 4.78 is 0. The maximum atomic E-state index is 0. The minimum absolute atomic E-state index is 0. The van der Waals surface area contributed by atoms with Crippen LogP contribution in [0.15, 0.2) is 0 Å². The first-order chi connectivity index (χ1) is 0. The van der Waals surface area contributed by atoms with E-state index in [1.165, 1.54) is 0 Å². The quantitative estimate of drug-likeness (QED) is 0.492. The van der Waals surface area contributed by atoms with Crippen LogP contribution in [0.25, 0.3) is 0 Å². The standard InChI is InChI=1S/3Ag.Ga. The molecule has 0 aromatic rings. The first kappa shape index (κ1) is 28.8. The third-order valence-electron chi connectivity index (χ3n) is 0. The summed E-state index contributed by atoms with van der Waals surface area (Å²) in [5.41, 5.74) is 0. The largest absolute Gasteiger partial charge is 0 e. The Morgan fingerprint density at radius 3 is 0.500 bits per heavy atom. The molecule has 0 N–H and O–H groups in total. The number of hydrogen-bond donors (Lipinski definition) is 0. The molecule has 0 saturated carbocycles. The molecule has 0 unspecified atom stereocenters. The summed E-state index contributed by atoms with van der Waals surface area (Å²) in [6, 6.07) is 0. The Hall–Kier alpha value is 2.86. The fourth-order valence-electron chi connectivity index (χ4n) is 0. The Kier molecular flexibility index (Phi) is 122. The van der Waals surface area contributed by atoms with Crippen LogP contribution < -0.4 is 0 Å². The second-order valence-corrected chi connectivity index (χ2v) is 0. The van der Waals surface area contributed by atoms with Gasteiger partial charge in [0.05, 0.1) is 0 Å². The van der Waals surface area contributed by atoms with Gasteiger partial charge >= 0.3 is 0 Å². The predicted octanol–water partition coefficient (Wildman–Crippen LogP) is -0.388. The summed E-state index contributed by atoms with van der Waals surface area (Å²) in [5.74, 6) is 0. The molecule has 0 aliphatic rings. The molecule has 0 saturated heterocycles. The van der Waals surface area contributed by atoms with Crippen molar-refractivity contribution in [3.8, 4) is 0 Å². The molecule has 4 heavy (non-hydrogen) atoms. The van der Waals surface area contributed by atoms with Crippen LogP contribution in [0.5, 0.6) is 0 Å². The SMILES string of the molecule is [Ag].[Ag].[Ag].[Ga]. The average Bonchev–Trinajstić information content (AvgIpc) is 0. The molecule has 4 heteroatoms. The second kappa shape index (κ2) is 16.9. The van der Waals surface area contributed by atoms with Gasteiger partial charge in [0.1, 0.15) is 0 Å². The maximum Gasteiger partial charge on any atom is 0 e. The van der Waals surface area contributed by atoms with E-state index in [9.17, 15) is 0 Å². The van der Waals surface area contributed by atoms with E-state index in [4.69, 9.17) is 0 Å². The van der Waals surface area contributed by atoms with Gasteiger partial charge in [-0.2, -0.15) is 0 Å². The van der Waals surface area contributed by atoms with E-state index in [1.54, 1.807) is 0 Å². The molecule has 0 aliphatic carbocycles. The number of hydrogen-bond acceptors (Lipinski definition) is 0. The Morgan fingerprint density at radius 2 is 0.500 bits per heavy atom. The molecular weight excluding hydrogens is 393 g/mol. The molecule has 0 atom stereocenters. The van der Waals surface area contributed by atoms with Gasteiger partial charge in [-0.1, -0.05) is 0 Å². The van der Waals surface area contributed by atoms with E-state index in [2.05, 4.69) is 0 Å². The van der Waals surface area contributed by atoms with Crippen LogP contribution in [0.1, 0.15) is 0 Å². The molecule has 36 valence electrons. The Bertz CT molecular complexity index is 3.25.